The number of hydrogen-bond donors (Lipinski definition) is 0. The summed E-state index contributed by atoms with van der Waals surface area (Å²) in [5.74, 6) is 1.43. The zero-order valence-corrected chi connectivity index (χ0v) is 19.5. The molecule has 1 saturated heterocycles. The van der Waals surface area contributed by atoms with Crippen LogP contribution in [0.5, 0.6) is 5.75 Å². The summed E-state index contributed by atoms with van der Waals surface area (Å²) < 4.78 is 37.4. The molecular formula is C22H26N4O3S2. The third kappa shape index (κ3) is 4.73. The standard InChI is InChI=1S/C22H26N4O3S2/c1-16-4-6-18(7-5-16)14-21-23-22(30-24-21)25-12-13-26(17(2)15-25)31(27,28)20-10-8-19(29-3)9-11-20/h4-11,17H,12-15H2,1-3H3. The lowest BCUT2D eigenvalue weighted by molar-refractivity contribution is 0.306. The molecule has 4 rings (SSSR count). The molecule has 31 heavy (non-hydrogen) atoms. The Morgan fingerprint density at radius 3 is 2.45 bits per heavy atom. The topological polar surface area (TPSA) is 75.6 Å². The van der Waals surface area contributed by atoms with Crippen molar-refractivity contribution in [2.45, 2.75) is 31.2 Å². The lowest BCUT2D eigenvalue weighted by atomic mass is 10.1. The van der Waals surface area contributed by atoms with Crippen molar-refractivity contribution in [2.75, 3.05) is 31.6 Å². The molecule has 2 heterocycles. The Morgan fingerprint density at radius 2 is 1.81 bits per heavy atom. The smallest absolute Gasteiger partial charge is 0.243 e. The fourth-order valence-corrected chi connectivity index (χ4v) is 6.02. The van der Waals surface area contributed by atoms with Crippen LogP contribution in [0.2, 0.25) is 0 Å². The Bertz CT molecular complexity index is 1130. The van der Waals surface area contributed by atoms with Crippen LogP contribution in [-0.4, -0.2) is 54.9 Å². The minimum Gasteiger partial charge on any atom is -0.497 e. The van der Waals surface area contributed by atoms with E-state index in [4.69, 9.17) is 9.72 Å². The molecule has 0 bridgehead atoms. The van der Waals surface area contributed by atoms with E-state index < -0.39 is 10.0 Å². The highest BCUT2D eigenvalue weighted by Crippen LogP contribution is 2.27. The first-order valence-electron chi connectivity index (χ1n) is 10.2. The summed E-state index contributed by atoms with van der Waals surface area (Å²) in [5, 5.41) is 0.843. The van der Waals surface area contributed by atoms with E-state index in [0.717, 1.165) is 11.0 Å². The van der Waals surface area contributed by atoms with Crippen LogP contribution in [0.4, 0.5) is 5.13 Å². The molecule has 2 aromatic carbocycles. The number of benzene rings is 2. The molecule has 7 nitrogen and oxygen atoms in total. The van der Waals surface area contributed by atoms with Crippen molar-refractivity contribution in [3.05, 3.63) is 65.5 Å². The van der Waals surface area contributed by atoms with Gasteiger partial charge in [0.05, 0.1) is 12.0 Å². The number of aryl methyl sites for hydroxylation is 1. The van der Waals surface area contributed by atoms with E-state index in [0.29, 0.717) is 31.8 Å². The van der Waals surface area contributed by atoms with Gasteiger partial charge in [0.25, 0.3) is 0 Å². The third-order valence-electron chi connectivity index (χ3n) is 5.44. The molecule has 1 aliphatic rings. The number of ether oxygens (including phenoxy) is 1. The normalized spacial score (nSPS) is 17.6. The molecule has 164 valence electrons. The zero-order chi connectivity index (χ0) is 22.0. The number of anilines is 1. The molecule has 1 aromatic heterocycles. The fraction of sp³-hybridized carbons (Fsp3) is 0.364. The van der Waals surface area contributed by atoms with E-state index in [1.54, 1.807) is 35.7 Å². The van der Waals surface area contributed by atoms with Crippen molar-refractivity contribution < 1.29 is 13.2 Å². The molecule has 3 aromatic rings. The summed E-state index contributed by atoms with van der Waals surface area (Å²) in [7, 11) is -2.00. The van der Waals surface area contributed by atoms with E-state index in [1.807, 2.05) is 6.92 Å². The number of hydrogen-bond acceptors (Lipinski definition) is 7. The minimum absolute atomic E-state index is 0.176. The van der Waals surface area contributed by atoms with Crippen LogP contribution < -0.4 is 9.64 Å². The highest BCUT2D eigenvalue weighted by Gasteiger charge is 2.34. The van der Waals surface area contributed by atoms with E-state index in [-0.39, 0.29) is 10.9 Å². The fourth-order valence-electron chi connectivity index (χ4n) is 3.69. The molecule has 0 saturated carbocycles. The first-order chi connectivity index (χ1) is 14.9. The lowest BCUT2D eigenvalue weighted by Crippen LogP contribution is -2.54. The van der Waals surface area contributed by atoms with Gasteiger partial charge in [-0.1, -0.05) is 29.8 Å². The summed E-state index contributed by atoms with van der Waals surface area (Å²) in [6, 6.07) is 14.7. The Labute approximate surface area is 187 Å². The Kier molecular flexibility index (Phi) is 6.27. The van der Waals surface area contributed by atoms with Gasteiger partial charge in [0.15, 0.2) is 0 Å². The quantitative estimate of drug-likeness (QED) is 0.564. The average molecular weight is 459 g/mol. The molecule has 0 amide bonds. The summed E-state index contributed by atoms with van der Waals surface area (Å²) in [5.41, 5.74) is 2.41. The first-order valence-corrected chi connectivity index (χ1v) is 12.4. The highest BCUT2D eigenvalue weighted by atomic mass is 32.2. The average Bonchev–Trinajstić information content (AvgIpc) is 3.23. The van der Waals surface area contributed by atoms with Crippen LogP contribution in [0, 0.1) is 6.92 Å². The van der Waals surface area contributed by atoms with Crippen LogP contribution in [0.25, 0.3) is 0 Å². The van der Waals surface area contributed by atoms with Gasteiger partial charge in [-0.05, 0) is 43.7 Å². The monoisotopic (exact) mass is 458 g/mol. The molecule has 1 unspecified atom stereocenters. The van der Waals surface area contributed by atoms with Crippen molar-refractivity contribution >= 4 is 26.7 Å². The SMILES string of the molecule is COc1ccc(S(=O)(=O)N2CCN(c3nc(Cc4ccc(C)cc4)ns3)CC2C)cc1. The Hall–Kier alpha value is -2.49. The van der Waals surface area contributed by atoms with Crippen molar-refractivity contribution in [1.82, 2.24) is 13.7 Å². The third-order valence-corrected chi connectivity index (χ3v) is 8.29. The highest BCUT2D eigenvalue weighted by molar-refractivity contribution is 7.89. The first kappa shape index (κ1) is 21.7. The zero-order valence-electron chi connectivity index (χ0n) is 17.9. The van der Waals surface area contributed by atoms with Crippen molar-refractivity contribution in [3.8, 4) is 5.75 Å². The summed E-state index contributed by atoms with van der Waals surface area (Å²) >= 11 is 1.37. The molecule has 0 radical (unpaired) electrons. The van der Waals surface area contributed by atoms with Crippen LogP contribution >= 0.6 is 11.5 Å². The summed E-state index contributed by atoms with van der Waals surface area (Å²) in [6.45, 7) is 5.57. The molecule has 1 atom stereocenters. The largest absolute Gasteiger partial charge is 0.497 e. The van der Waals surface area contributed by atoms with Crippen LogP contribution in [0.15, 0.2) is 53.4 Å². The Balaban J connectivity index is 1.43. The van der Waals surface area contributed by atoms with E-state index >= 15 is 0 Å². The van der Waals surface area contributed by atoms with Gasteiger partial charge >= 0.3 is 0 Å². The molecule has 9 heteroatoms. The number of aromatic nitrogens is 2. The molecular weight excluding hydrogens is 432 g/mol. The van der Waals surface area contributed by atoms with Gasteiger partial charge < -0.3 is 9.64 Å². The molecule has 0 spiro atoms. The van der Waals surface area contributed by atoms with E-state index in [9.17, 15) is 8.42 Å². The Morgan fingerprint density at radius 1 is 1.10 bits per heavy atom. The second-order valence-electron chi connectivity index (χ2n) is 7.74. The van der Waals surface area contributed by atoms with Gasteiger partial charge in [-0.15, -0.1) is 0 Å². The maximum Gasteiger partial charge on any atom is 0.243 e. The molecule has 0 N–H and O–H groups in total. The summed E-state index contributed by atoms with van der Waals surface area (Å²) in [4.78, 5) is 7.11. The van der Waals surface area contributed by atoms with Gasteiger partial charge in [0.1, 0.15) is 11.6 Å². The number of sulfonamides is 1. The number of nitrogens with zero attached hydrogens (tertiary/aromatic N) is 4. The predicted octanol–water partition coefficient (Wildman–Crippen LogP) is 3.35. The van der Waals surface area contributed by atoms with E-state index in [1.165, 1.54) is 22.7 Å². The number of piperazine rings is 1. The van der Waals surface area contributed by atoms with Crippen molar-refractivity contribution in [1.29, 1.82) is 0 Å². The van der Waals surface area contributed by atoms with Crippen LogP contribution in [0.3, 0.4) is 0 Å². The van der Waals surface area contributed by atoms with Crippen molar-refractivity contribution in [2.24, 2.45) is 0 Å². The van der Waals surface area contributed by atoms with E-state index in [2.05, 4.69) is 40.5 Å². The predicted molar refractivity (Wildman–Crippen MR) is 122 cm³/mol. The van der Waals surface area contributed by atoms with Crippen LogP contribution in [-0.2, 0) is 16.4 Å². The number of rotatable bonds is 6. The second-order valence-corrected chi connectivity index (χ2v) is 10.4. The summed E-state index contributed by atoms with van der Waals surface area (Å²) in [6.07, 6.45) is 0.693. The molecule has 1 aliphatic heterocycles. The second kappa shape index (κ2) is 8.94. The van der Waals surface area contributed by atoms with Gasteiger partial charge in [-0.25, -0.2) is 13.4 Å². The van der Waals surface area contributed by atoms with Gasteiger partial charge in [0, 0.05) is 43.6 Å². The van der Waals surface area contributed by atoms with Crippen LogP contribution in [0.1, 0.15) is 23.9 Å². The maximum atomic E-state index is 13.1. The van der Waals surface area contributed by atoms with Crippen molar-refractivity contribution in [3.63, 3.8) is 0 Å². The number of methoxy groups -OCH3 is 1. The molecule has 1 fully saturated rings. The molecule has 0 aliphatic carbocycles. The maximum absolute atomic E-state index is 13.1. The lowest BCUT2D eigenvalue weighted by Gasteiger charge is -2.38. The van der Waals surface area contributed by atoms with Gasteiger partial charge in [0.2, 0.25) is 15.2 Å². The van der Waals surface area contributed by atoms with Gasteiger partial charge in [-0.3, -0.25) is 0 Å². The minimum atomic E-state index is -3.56. The van der Waals surface area contributed by atoms with Gasteiger partial charge in [-0.2, -0.15) is 8.68 Å².